The van der Waals surface area contributed by atoms with E-state index in [-0.39, 0.29) is 23.0 Å². The van der Waals surface area contributed by atoms with Crippen molar-refractivity contribution in [2.24, 2.45) is 0 Å². The number of phenolic OH excluding ortho intramolecular Hbond substituents is 1. The average Bonchev–Trinajstić information content (AvgIpc) is 2.90. The van der Waals surface area contributed by atoms with Crippen LogP contribution in [0.15, 0.2) is 45.4 Å². The van der Waals surface area contributed by atoms with Gasteiger partial charge in [0.05, 0.1) is 4.47 Å². The van der Waals surface area contributed by atoms with Gasteiger partial charge in [-0.25, -0.2) is 8.78 Å². The van der Waals surface area contributed by atoms with Crippen LogP contribution in [-0.4, -0.2) is 15.2 Å². The molecule has 3 rings (SSSR count). The first-order valence-electron chi connectivity index (χ1n) is 5.82. The van der Waals surface area contributed by atoms with Crippen molar-refractivity contribution in [3.63, 3.8) is 0 Å². The van der Waals surface area contributed by atoms with Crippen LogP contribution >= 0.6 is 15.9 Å². The maximum Gasteiger partial charge on any atom is 0.258 e. The molecule has 0 amide bonds. The Labute approximate surface area is 126 Å². The van der Waals surface area contributed by atoms with Gasteiger partial charge in [-0.15, -0.1) is 0 Å². The highest BCUT2D eigenvalue weighted by Gasteiger charge is 2.13. The Kier molecular flexibility index (Phi) is 3.42. The van der Waals surface area contributed by atoms with Gasteiger partial charge in [0.15, 0.2) is 0 Å². The molecule has 0 aliphatic rings. The molecule has 7 heteroatoms. The zero-order valence-electron chi connectivity index (χ0n) is 10.3. The van der Waals surface area contributed by atoms with E-state index in [2.05, 4.69) is 26.1 Å². The fourth-order valence-corrected chi connectivity index (χ4v) is 2.03. The number of phenols is 1. The number of aromatic hydroxyl groups is 1. The van der Waals surface area contributed by atoms with Gasteiger partial charge in [-0.3, -0.25) is 0 Å². The lowest BCUT2D eigenvalue weighted by atomic mass is 10.2. The summed E-state index contributed by atoms with van der Waals surface area (Å²) in [7, 11) is 0. The van der Waals surface area contributed by atoms with E-state index in [1.54, 1.807) is 12.1 Å². The molecule has 106 valence electrons. The number of hydrogen-bond donors (Lipinski definition) is 1. The van der Waals surface area contributed by atoms with Crippen LogP contribution in [0.4, 0.5) is 8.78 Å². The summed E-state index contributed by atoms with van der Waals surface area (Å²) in [4.78, 5) is 4.07. The minimum absolute atomic E-state index is 0.0176. The van der Waals surface area contributed by atoms with E-state index in [1.807, 2.05) is 0 Å². The fourth-order valence-electron chi connectivity index (χ4n) is 1.79. The summed E-state index contributed by atoms with van der Waals surface area (Å²) in [6, 6.07) is 7.70. The third kappa shape index (κ3) is 2.78. The van der Waals surface area contributed by atoms with Gasteiger partial charge in [-0.05, 0) is 46.3 Å². The second-order valence-corrected chi connectivity index (χ2v) is 5.10. The molecule has 0 saturated heterocycles. The predicted molar refractivity (Wildman–Crippen MR) is 74.5 cm³/mol. The molecule has 3 aromatic rings. The molecule has 4 nitrogen and oxygen atoms in total. The number of hydrogen-bond acceptors (Lipinski definition) is 4. The molecule has 0 saturated carbocycles. The lowest BCUT2D eigenvalue weighted by Crippen LogP contribution is -1.86. The van der Waals surface area contributed by atoms with Gasteiger partial charge in [-0.1, -0.05) is 5.16 Å². The number of benzene rings is 2. The first-order valence-corrected chi connectivity index (χ1v) is 6.61. The Morgan fingerprint density at radius 3 is 2.38 bits per heavy atom. The molecule has 0 fully saturated rings. The Bertz CT molecular complexity index is 800. The maximum atomic E-state index is 13.2. The SMILES string of the molecule is Oc1cc(-c2nc(-c3cc(F)cc(F)c3)no2)ccc1Br. The van der Waals surface area contributed by atoms with Crippen LogP contribution in [0.3, 0.4) is 0 Å². The van der Waals surface area contributed by atoms with Crippen molar-refractivity contribution in [3.8, 4) is 28.6 Å². The summed E-state index contributed by atoms with van der Waals surface area (Å²) in [6.45, 7) is 0. The van der Waals surface area contributed by atoms with Crippen LogP contribution in [0.5, 0.6) is 5.75 Å². The molecule has 0 aliphatic carbocycles. The smallest absolute Gasteiger partial charge is 0.258 e. The molecule has 0 radical (unpaired) electrons. The van der Waals surface area contributed by atoms with Gasteiger partial charge in [-0.2, -0.15) is 4.98 Å². The van der Waals surface area contributed by atoms with E-state index in [9.17, 15) is 13.9 Å². The zero-order chi connectivity index (χ0) is 15.0. The lowest BCUT2D eigenvalue weighted by Gasteiger charge is -1.98. The van der Waals surface area contributed by atoms with Gasteiger partial charge in [0.1, 0.15) is 17.4 Å². The van der Waals surface area contributed by atoms with Crippen LogP contribution in [0.2, 0.25) is 0 Å². The van der Waals surface area contributed by atoms with Gasteiger partial charge in [0.2, 0.25) is 5.82 Å². The third-order valence-corrected chi connectivity index (χ3v) is 3.41. The van der Waals surface area contributed by atoms with E-state index < -0.39 is 11.6 Å². The van der Waals surface area contributed by atoms with Crippen molar-refractivity contribution in [2.75, 3.05) is 0 Å². The maximum absolute atomic E-state index is 13.2. The predicted octanol–water partition coefficient (Wildman–Crippen LogP) is 4.15. The van der Waals surface area contributed by atoms with Gasteiger partial charge in [0.25, 0.3) is 5.89 Å². The Morgan fingerprint density at radius 1 is 1.00 bits per heavy atom. The molecule has 1 heterocycles. The second kappa shape index (κ2) is 5.25. The van der Waals surface area contributed by atoms with Crippen LogP contribution < -0.4 is 0 Å². The Hall–Kier alpha value is -2.28. The van der Waals surface area contributed by atoms with E-state index in [0.29, 0.717) is 10.0 Å². The first kappa shape index (κ1) is 13.7. The monoisotopic (exact) mass is 352 g/mol. The largest absolute Gasteiger partial charge is 0.507 e. The summed E-state index contributed by atoms with van der Waals surface area (Å²) >= 11 is 3.16. The standard InChI is InChI=1S/C14H7BrF2N2O2/c15-11-2-1-7(5-12(11)20)14-18-13(19-21-14)8-3-9(16)6-10(17)4-8/h1-6,20H. The molecule has 0 aliphatic heterocycles. The lowest BCUT2D eigenvalue weighted by molar-refractivity contribution is 0.431. The molecule has 21 heavy (non-hydrogen) atoms. The molecule has 1 N–H and O–H groups in total. The highest BCUT2D eigenvalue weighted by molar-refractivity contribution is 9.10. The van der Waals surface area contributed by atoms with Crippen molar-refractivity contribution in [1.29, 1.82) is 0 Å². The molecular weight excluding hydrogens is 346 g/mol. The summed E-state index contributed by atoms with van der Waals surface area (Å²) in [5.41, 5.74) is 0.662. The van der Waals surface area contributed by atoms with Crippen molar-refractivity contribution >= 4 is 15.9 Å². The van der Waals surface area contributed by atoms with E-state index in [4.69, 9.17) is 4.52 Å². The van der Waals surface area contributed by atoms with Crippen molar-refractivity contribution in [1.82, 2.24) is 10.1 Å². The van der Waals surface area contributed by atoms with Crippen LogP contribution in [0.1, 0.15) is 0 Å². The van der Waals surface area contributed by atoms with E-state index in [1.165, 1.54) is 6.07 Å². The fraction of sp³-hybridized carbons (Fsp3) is 0. The van der Waals surface area contributed by atoms with Crippen LogP contribution in [0, 0.1) is 11.6 Å². The minimum atomic E-state index is -0.724. The summed E-state index contributed by atoms with van der Waals surface area (Å²) < 4.78 is 31.9. The molecule has 0 unspecified atom stereocenters. The van der Waals surface area contributed by atoms with E-state index >= 15 is 0 Å². The Morgan fingerprint density at radius 2 is 1.71 bits per heavy atom. The van der Waals surface area contributed by atoms with Crippen LogP contribution in [0.25, 0.3) is 22.8 Å². The minimum Gasteiger partial charge on any atom is -0.507 e. The topological polar surface area (TPSA) is 59.2 Å². The first-order chi connectivity index (χ1) is 10.0. The quantitative estimate of drug-likeness (QED) is 0.752. The highest BCUT2D eigenvalue weighted by atomic mass is 79.9. The molecule has 0 spiro atoms. The van der Waals surface area contributed by atoms with Crippen molar-refractivity contribution < 1.29 is 18.4 Å². The molecule has 0 atom stereocenters. The van der Waals surface area contributed by atoms with Gasteiger partial charge in [0, 0.05) is 17.2 Å². The van der Waals surface area contributed by atoms with Gasteiger partial charge >= 0.3 is 0 Å². The second-order valence-electron chi connectivity index (χ2n) is 4.25. The molecule has 1 aromatic heterocycles. The highest BCUT2D eigenvalue weighted by Crippen LogP contribution is 2.30. The summed E-state index contributed by atoms with van der Waals surface area (Å²) in [6.07, 6.45) is 0. The Balaban J connectivity index is 2.01. The number of rotatable bonds is 2. The number of aromatic nitrogens is 2. The zero-order valence-corrected chi connectivity index (χ0v) is 11.9. The van der Waals surface area contributed by atoms with Crippen molar-refractivity contribution in [3.05, 3.63) is 52.5 Å². The molecular formula is C14H7BrF2N2O2. The van der Waals surface area contributed by atoms with Crippen molar-refractivity contribution in [2.45, 2.75) is 0 Å². The normalized spacial score (nSPS) is 10.8. The number of halogens is 3. The van der Waals surface area contributed by atoms with Gasteiger partial charge < -0.3 is 9.63 Å². The summed E-state index contributed by atoms with van der Waals surface area (Å²) in [5.74, 6) is -1.23. The van der Waals surface area contributed by atoms with Crippen LogP contribution in [-0.2, 0) is 0 Å². The molecule has 0 bridgehead atoms. The average molecular weight is 353 g/mol. The van der Waals surface area contributed by atoms with E-state index in [0.717, 1.165) is 18.2 Å². The molecule has 2 aromatic carbocycles. The summed E-state index contributed by atoms with van der Waals surface area (Å²) in [5, 5.41) is 13.3. The third-order valence-electron chi connectivity index (χ3n) is 2.74. The number of nitrogens with zero attached hydrogens (tertiary/aromatic N) is 2.